The standard InChI is InChI=1S/C28H32F2N2O5S/c1-21-9-11-22(12-10-21)20-36-27(23-5-3-6-24(17-23)35-2)19-31-13-15-32(16-14-31)38(33,34)26-8-4-7-25(18-26)37-28(29)30/h3-12,17-18,27-28H,13-16,19-20H2,1-2H3/t27-/m1/s1. The third-order valence-corrected chi connectivity index (χ3v) is 8.36. The van der Waals surface area contributed by atoms with E-state index in [1.54, 1.807) is 7.11 Å². The molecule has 0 amide bonds. The van der Waals surface area contributed by atoms with E-state index in [0.29, 0.717) is 26.2 Å². The Bertz CT molecular complexity index is 1300. The SMILES string of the molecule is COc1cccc([C@@H](CN2CCN(S(=O)(=O)c3cccc(OC(F)F)c3)CC2)OCc2ccc(C)cc2)c1. The molecular formula is C28H32F2N2O5S. The molecule has 1 aliphatic rings. The number of alkyl halides is 2. The number of rotatable bonds is 11. The fourth-order valence-electron chi connectivity index (χ4n) is 4.32. The van der Waals surface area contributed by atoms with Crippen LogP contribution in [0.25, 0.3) is 0 Å². The normalized spacial score (nSPS) is 15.9. The summed E-state index contributed by atoms with van der Waals surface area (Å²) >= 11 is 0. The molecule has 0 N–H and O–H groups in total. The lowest BCUT2D eigenvalue weighted by Gasteiger charge is -2.36. The first kappa shape index (κ1) is 28.0. The lowest BCUT2D eigenvalue weighted by Crippen LogP contribution is -2.49. The van der Waals surface area contributed by atoms with E-state index < -0.39 is 16.6 Å². The maximum Gasteiger partial charge on any atom is 0.387 e. The minimum atomic E-state index is -3.85. The van der Waals surface area contributed by atoms with Gasteiger partial charge in [0.25, 0.3) is 0 Å². The summed E-state index contributed by atoms with van der Waals surface area (Å²) in [5.41, 5.74) is 3.22. The number of nitrogens with zero attached hydrogens (tertiary/aromatic N) is 2. The summed E-state index contributed by atoms with van der Waals surface area (Å²) in [6.45, 7) is 1.56. The number of hydrogen-bond donors (Lipinski definition) is 0. The number of halogens is 2. The molecular weight excluding hydrogens is 514 g/mol. The predicted molar refractivity (Wildman–Crippen MR) is 140 cm³/mol. The van der Waals surface area contributed by atoms with Gasteiger partial charge < -0.3 is 14.2 Å². The monoisotopic (exact) mass is 546 g/mol. The molecule has 1 heterocycles. The summed E-state index contributed by atoms with van der Waals surface area (Å²) in [5.74, 6) is 0.548. The molecule has 204 valence electrons. The van der Waals surface area contributed by atoms with Crippen LogP contribution in [0.15, 0.2) is 77.7 Å². The Hall–Kier alpha value is -3.05. The van der Waals surface area contributed by atoms with E-state index in [2.05, 4.69) is 9.64 Å². The molecule has 38 heavy (non-hydrogen) atoms. The van der Waals surface area contributed by atoms with Crippen molar-refractivity contribution in [1.82, 2.24) is 9.21 Å². The second-order valence-corrected chi connectivity index (χ2v) is 11.1. The molecule has 1 fully saturated rings. The Labute approximate surface area is 222 Å². The summed E-state index contributed by atoms with van der Waals surface area (Å²) < 4.78 is 69.0. The minimum Gasteiger partial charge on any atom is -0.497 e. The van der Waals surface area contributed by atoms with Crippen LogP contribution >= 0.6 is 0 Å². The molecule has 1 atom stereocenters. The molecule has 3 aromatic rings. The Morgan fingerprint density at radius 1 is 0.895 bits per heavy atom. The van der Waals surface area contributed by atoms with Gasteiger partial charge in [0.15, 0.2) is 0 Å². The smallest absolute Gasteiger partial charge is 0.387 e. The number of ether oxygens (including phenoxy) is 3. The van der Waals surface area contributed by atoms with E-state index in [4.69, 9.17) is 9.47 Å². The van der Waals surface area contributed by atoms with E-state index in [0.717, 1.165) is 22.9 Å². The van der Waals surface area contributed by atoms with Crippen molar-refractivity contribution in [3.63, 3.8) is 0 Å². The van der Waals surface area contributed by atoms with Crippen LogP contribution in [-0.4, -0.2) is 64.1 Å². The zero-order valence-corrected chi connectivity index (χ0v) is 22.2. The van der Waals surface area contributed by atoms with Crippen molar-refractivity contribution >= 4 is 10.0 Å². The van der Waals surface area contributed by atoms with Gasteiger partial charge in [-0.05, 0) is 42.3 Å². The number of hydrogen-bond acceptors (Lipinski definition) is 6. The number of methoxy groups -OCH3 is 1. The average molecular weight is 547 g/mol. The van der Waals surface area contributed by atoms with Gasteiger partial charge in [-0.15, -0.1) is 0 Å². The van der Waals surface area contributed by atoms with Crippen molar-refractivity contribution in [1.29, 1.82) is 0 Å². The van der Waals surface area contributed by atoms with Crippen LogP contribution in [0.2, 0.25) is 0 Å². The second-order valence-electron chi connectivity index (χ2n) is 9.12. The number of aryl methyl sites for hydroxylation is 1. The first-order chi connectivity index (χ1) is 18.2. The van der Waals surface area contributed by atoms with E-state index in [-0.39, 0.29) is 29.8 Å². The minimum absolute atomic E-state index is 0.0696. The molecule has 10 heteroatoms. The highest BCUT2D eigenvalue weighted by atomic mass is 32.2. The largest absolute Gasteiger partial charge is 0.497 e. The molecule has 0 radical (unpaired) electrons. The molecule has 0 aromatic heterocycles. The van der Waals surface area contributed by atoms with Crippen LogP contribution in [0.1, 0.15) is 22.8 Å². The molecule has 0 saturated carbocycles. The quantitative estimate of drug-likeness (QED) is 0.342. The fourth-order valence-corrected chi connectivity index (χ4v) is 5.78. The highest BCUT2D eigenvalue weighted by Gasteiger charge is 2.30. The van der Waals surface area contributed by atoms with Crippen LogP contribution in [0.3, 0.4) is 0 Å². The van der Waals surface area contributed by atoms with Gasteiger partial charge in [0.1, 0.15) is 11.5 Å². The predicted octanol–water partition coefficient (Wildman–Crippen LogP) is 4.87. The summed E-state index contributed by atoms with van der Waals surface area (Å²) in [6, 6.07) is 21.2. The number of benzene rings is 3. The van der Waals surface area contributed by atoms with Crippen molar-refractivity contribution in [2.24, 2.45) is 0 Å². The number of sulfonamides is 1. The molecule has 0 spiro atoms. The van der Waals surface area contributed by atoms with Gasteiger partial charge in [0.05, 0.1) is 24.7 Å². The highest BCUT2D eigenvalue weighted by Crippen LogP contribution is 2.27. The molecule has 1 aliphatic heterocycles. The van der Waals surface area contributed by atoms with E-state index in [1.165, 1.54) is 28.1 Å². The first-order valence-corrected chi connectivity index (χ1v) is 13.8. The summed E-state index contributed by atoms with van der Waals surface area (Å²) in [6.07, 6.45) is -0.252. The molecule has 0 aliphatic carbocycles. The van der Waals surface area contributed by atoms with Gasteiger partial charge in [-0.3, -0.25) is 4.90 Å². The zero-order valence-electron chi connectivity index (χ0n) is 21.4. The topological polar surface area (TPSA) is 68.3 Å². The van der Waals surface area contributed by atoms with Crippen LogP contribution in [-0.2, 0) is 21.4 Å². The van der Waals surface area contributed by atoms with Crippen LogP contribution in [0, 0.1) is 6.92 Å². The highest BCUT2D eigenvalue weighted by molar-refractivity contribution is 7.89. The van der Waals surface area contributed by atoms with Crippen molar-refractivity contribution < 1.29 is 31.4 Å². The van der Waals surface area contributed by atoms with E-state index in [9.17, 15) is 17.2 Å². The van der Waals surface area contributed by atoms with E-state index >= 15 is 0 Å². The maximum atomic E-state index is 13.2. The number of piperazine rings is 1. The van der Waals surface area contributed by atoms with Crippen LogP contribution in [0.4, 0.5) is 8.78 Å². The van der Waals surface area contributed by atoms with Crippen LogP contribution < -0.4 is 9.47 Å². The van der Waals surface area contributed by atoms with Gasteiger partial charge >= 0.3 is 6.61 Å². The van der Waals surface area contributed by atoms with Gasteiger partial charge in [-0.1, -0.05) is 48.0 Å². The third-order valence-electron chi connectivity index (χ3n) is 6.46. The van der Waals surface area contributed by atoms with Crippen LogP contribution in [0.5, 0.6) is 11.5 Å². The lowest BCUT2D eigenvalue weighted by molar-refractivity contribution is -0.0500. The molecule has 1 saturated heterocycles. The summed E-state index contributed by atoms with van der Waals surface area (Å²) in [4.78, 5) is 2.10. The third kappa shape index (κ3) is 7.28. The molecule has 0 unspecified atom stereocenters. The van der Waals surface area contributed by atoms with Crippen molar-refractivity contribution in [2.45, 2.75) is 31.1 Å². The molecule has 0 bridgehead atoms. The Morgan fingerprint density at radius 3 is 2.26 bits per heavy atom. The Balaban J connectivity index is 1.42. The van der Waals surface area contributed by atoms with Crippen molar-refractivity contribution in [3.8, 4) is 11.5 Å². The van der Waals surface area contributed by atoms with E-state index in [1.807, 2.05) is 55.5 Å². The lowest BCUT2D eigenvalue weighted by atomic mass is 10.1. The van der Waals surface area contributed by atoms with Gasteiger partial charge in [-0.25, -0.2) is 8.42 Å². The summed E-state index contributed by atoms with van der Waals surface area (Å²) in [5, 5.41) is 0. The molecule has 3 aromatic carbocycles. The Kier molecular flexibility index (Phi) is 9.32. The van der Waals surface area contributed by atoms with Gasteiger partial charge in [0, 0.05) is 38.8 Å². The summed E-state index contributed by atoms with van der Waals surface area (Å²) in [7, 11) is -2.23. The first-order valence-electron chi connectivity index (χ1n) is 12.3. The fraction of sp³-hybridized carbons (Fsp3) is 0.357. The van der Waals surface area contributed by atoms with Crippen molar-refractivity contribution in [3.05, 3.63) is 89.5 Å². The van der Waals surface area contributed by atoms with Gasteiger partial charge in [0.2, 0.25) is 10.0 Å². The Morgan fingerprint density at radius 2 is 1.58 bits per heavy atom. The maximum absolute atomic E-state index is 13.2. The second kappa shape index (κ2) is 12.7. The average Bonchev–Trinajstić information content (AvgIpc) is 2.92. The van der Waals surface area contributed by atoms with Gasteiger partial charge in [-0.2, -0.15) is 13.1 Å². The van der Waals surface area contributed by atoms with Crippen molar-refractivity contribution in [2.75, 3.05) is 39.8 Å². The molecule has 7 nitrogen and oxygen atoms in total. The zero-order chi connectivity index (χ0) is 27.1. The molecule has 4 rings (SSSR count).